The van der Waals surface area contributed by atoms with E-state index in [4.69, 9.17) is 0 Å². The molecule has 204 valence electrons. The summed E-state index contributed by atoms with van der Waals surface area (Å²) in [6.07, 6.45) is -0.868. The van der Waals surface area contributed by atoms with Crippen LogP contribution in [0.5, 0.6) is 0 Å². The molecular formula is C34H30N4O3. The van der Waals surface area contributed by atoms with Crippen LogP contribution >= 0.6 is 0 Å². The molecule has 1 atom stereocenters. The molecule has 5 aromatic carbocycles. The van der Waals surface area contributed by atoms with Gasteiger partial charge in [0.2, 0.25) is 0 Å². The van der Waals surface area contributed by atoms with E-state index in [1.165, 1.54) is 0 Å². The summed E-state index contributed by atoms with van der Waals surface area (Å²) >= 11 is 0. The van der Waals surface area contributed by atoms with Crippen molar-refractivity contribution >= 4 is 34.6 Å². The third-order valence-electron chi connectivity index (χ3n) is 6.38. The first-order valence-electron chi connectivity index (χ1n) is 13.2. The van der Waals surface area contributed by atoms with Crippen molar-refractivity contribution in [3.8, 4) is 0 Å². The number of anilines is 4. The first-order valence-corrected chi connectivity index (χ1v) is 13.2. The van der Waals surface area contributed by atoms with Gasteiger partial charge in [0.05, 0.1) is 0 Å². The van der Waals surface area contributed by atoms with Gasteiger partial charge in [0, 0.05) is 46.0 Å². The van der Waals surface area contributed by atoms with E-state index in [9.17, 15) is 14.7 Å². The second kappa shape index (κ2) is 13.1. The molecule has 0 saturated heterocycles. The van der Waals surface area contributed by atoms with Gasteiger partial charge < -0.3 is 26.4 Å². The number of rotatable bonds is 10. The third-order valence-corrected chi connectivity index (χ3v) is 6.38. The summed E-state index contributed by atoms with van der Waals surface area (Å²) < 4.78 is 0. The lowest BCUT2D eigenvalue weighted by Gasteiger charge is -2.15. The molecule has 0 aliphatic heterocycles. The molecule has 0 fully saturated rings. The monoisotopic (exact) mass is 542 g/mol. The molecule has 5 aromatic rings. The number of aliphatic hydroxyl groups is 1. The first-order chi connectivity index (χ1) is 20.0. The van der Waals surface area contributed by atoms with E-state index in [2.05, 4.69) is 21.3 Å². The lowest BCUT2D eigenvalue weighted by molar-refractivity contribution is 0.101. The fourth-order valence-electron chi connectivity index (χ4n) is 4.29. The summed E-state index contributed by atoms with van der Waals surface area (Å²) in [6, 6.07) is 40.5. The fraction of sp³-hybridized carbons (Fsp3) is 0.0588. The molecule has 0 radical (unpaired) electrons. The molecule has 0 heterocycles. The van der Waals surface area contributed by atoms with Crippen LogP contribution in [0, 0.1) is 0 Å². The predicted molar refractivity (Wildman–Crippen MR) is 164 cm³/mol. The van der Waals surface area contributed by atoms with Crippen LogP contribution in [-0.2, 0) is 6.54 Å². The Morgan fingerprint density at radius 3 is 1.80 bits per heavy atom. The molecular weight excluding hydrogens is 512 g/mol. The number of hydrogen-bond acceptors (Lipinski definition) is 5. The summed E-state index contributed by atoms with van der Waals surface area (Å²) in [5, 5.41) is 22.7. The average molecular weight is 543 g/mol. The Hall–Kier alpha value is -5.40. The highest BCUT2D eigenvalue weighted by Gasteiger charge is 2.10. The van der Waals surface area contributed by atoms with Gasteiger partial charge in [-0.05, 0) is 66.2 Å². The maximum atomic E-state index is 13.0. The van der Waals surface area contributed by atoms with Gasteiger partial charge in [0.25, 0.3) is 11.8 Å². The second-order valence-electron chi connectivity index (χ2n) is 9.45. The van der Waals surface area contributed by atoms with Gasteiger partial charge >= 0.3 is 0 Å². The minimum atomic E-state index is -0.868. The molecule has 0 bridgehead atoms. The van der Waals surface area contributed by atoms with Crippen molar-refractivity contribution in [2.45, 2.75) is 12.8 Å². The van der Waals surface area contributed by atoms with E-state index >= 15 is 0 Å². The van der Waals surface area contributed by atoms with Gasteiger partial charge in [-0.25, -0.2) is 0 Å². The third kappa shape index (κ3) is 7.59. The number of carbonyl (C=O) groups excluding carboxylic acids is 2. The Balaban J connectivity index is 1.18. The van der Waals surface area contributed by atoms with Crippen molar-refractivity contribution in [3.05, 3.63) is 156 Å². The molecule has 2 amide bonds. The van der Waals surface area contributed by atoms with E-state index in [1.807, 2.05) is 103 Å². The smallest absolute Gasteiger partial charge is 0.255 e. The lowest BCUT2D eigenvalue weighted by atomic mass is 10.1. The maximum absolute atomic E-state index is 13.0. The lowest BCUT2D eigenvalue weighted by Crippen LogP contribution is -2.13. The number of aliphatic hydroxyl groups excluding tert-OH is 1. The quantitative estimate of drug-likeness (QED) is 0.124. The normalized spacial score (nSPS) is 11.2. The van der Waals surface area contributed by atoms with Crippen molar-refractivity contribution in [2.75, 3.05) is 21.3 Å². The van der Waals surface area contributed by atoms with Crippen molar-refractivity contribution < 1.29 is 14.7 Å². The molecule has 1 unspecified atom stereocenters. The van der Waals surface area contributed by atoms with E-state index < -0.39 is 6.23 Å². The number of amides is 2. The molecule has 0 aliphatic carbocycles. The molecule has 7 heteroatoms. The largest absolute Gasteiger partial charge is 0.381 e. The highest BCUT2D eigenvalue weighted by atomic mass is 16.3. The Morgan fingerprint density at radius 1 is 0.561 bits per heavy atom. The standard InChI is InChI=1S/C34H30N4O3/c39-32(25-11-3-1-4-12-25)36-29-17-8-16-28(21-29)35-23-24-10-7-15-27(20-24)34(41)38-31-19-9-18-30(22-31)37-33(40)26-13-5-2-6-14-26/h1-22,33,35,37,40H,23H2,(H,36,39)(H,38,41). The minimum absolute atomic E-state index is 0.171. The predicted octanol–water partition coefficient (Wildman–Crippen LogP) is 6.91. The molecule has 5 N–H and O–H groups in total. The Labute approximate surface area is 238 Å². The Bertz CT molecular complexity index is 1620. The SMILES string of the molecule is O=C(Nc1cccc(NCc2cccc(C(=O)Nc3cccc(NC(O)c4ccccc4)c3)c2)c1)c1ccccc1. The summed E-state index contributed by atoms with van der Waals surface area (Å²) in [6.45, 7) is 0.494. The summed E-state index contributed by atoms with van der Waals surface area (Å²) in [5.74, 6) is -0.409. The average Bonchev–Trinajstić information content (AvgIpc) is 3.01. The van der Waals surface area contributed by atoms with Crippen LogP contribution in [0.4, 0.5) is 22.7 Å². The summed E-state index contributed by atoms with van der Waals surface area (Å²) in [7, 11) is 0. The van der Waals surface area contributed by atoms with Crippen molar-refractivity contribution in [1.82, 2.24) is 0 Å². The topological polar surface area (TPSA) is 102 Å². The van der Waals surface area contributed by atoms with Gasteiger partial charge in [0.1, 0.15) is 0 Å². The zero-order valence-corrected chi connectivity index (χ0v) is 22.2. The minimum Gasteiger partial charge on any atom is -0.381 e. The van der Waals surface area contributed by atoms with E-state index in [-0.39, 0.29) is 11.8 Å². The number of carbonyl (C=O) groups is 2. The highest BCUT2D eigenvalue weighted by Crippen LogP contribution is 2.22. The van der Waals surface area contributed by atoms with Crippen LogP contribution < -0.4 is 21.3 Å². The van der Waals surface area contributed by atoms with Gasteiger partial charge in [-0.2, -0.15) is 0 Å². The van der Waals surface area contributed by atoms with Gasteiger partial charge in [-0.3, -0.25) is 9.59 Å². The summed E-state index contributed by atoms with van der Waals surface area (Å²) in [5.41, 5.74) is 5.61. The molecule has 41 heavy (non-hydrogen) atoms. The first kappa shape index (κ1) is 27.2. The molecule has 7 nitrogen and oxygen atoms in total. The second-order valence-corrected chi connectivity index (χ2v) is 9.45. The van der Waals surface area contributed by atoms with E-state index in [0.29, 0.717) is 34.7 Å². The fourth-order valence-corrected chi connectivity index (χ4v) is 4.29. The molecule has 0 aliphatic rings. The molecule has 5 rings (SSSR count). The molecule has 0 spiro atoms. The highest BCUT2D eigenvalue weighted by molar-refractivity contribution is 6.05. The van der Waals surface area contributed by atoms with Crippen molar-refractivity contribution in [3.63, 3.8) is 0 Å². The van der Waals surface area contributed by atoms with Crippen molar-refractivity contribution in [1.29, 1.82) is 0 Å². The van der Waals surface area contributed by atoms with E-state index in [0.717, 1.165) is 16.8 Å². The zero-order chi connectivity index (χ0) is 28.4. The Kier molecular flexibility index (Phi) is 8.69. The number of hydrogen-bond donors (Lipinski definition) is 5. The summed E-state index contributed by atoms with van der Waals surface area (Å²) in [4.78, 5) is 25.5. The molecule has 0 saturated carbocycles. The van der Waals surface area contributed by atoms with E-state index in [1.54, 1.807) is 30.3 Å². The van der Waals surface area contributed by atoms with Crippen LogP contribution in [0.25, 0.3) is 0 Å². The van der Waals surface area contributed by atoms with Gasteiger partial charge in [-0.1, -0.05) is 72.8 Å². The van der Waals surface area contributed by atoms with Crippen LogP contribution in [0.15, 0.2) is 133 Å². The maximum Gasteiger partial charge on any atom is 0.255 e. The Morgan fingerprint density at radius 2 is 1.10 bits per heavy atom. The molecule has 0 aromatic heterocycles. The zero-order valence-electron chi connectivity index (χ0n) is 22.2. The number of benzene rings is 5. The van der Waals surface area contributed by atoms with Gasteiger partial charge in [0.15, 0.2) is 6.23 Å². The van der Waals surface area contributed by atoms with Crippen LogP contribution in [-0.4, -0.2) is 16.9 Å². The van der Waals surface area contributed by atoms with Gasteiger partial charge in [-0.15, -0.1) is 0 Å². The van der Waals surface area contributed by atoms with Crippen LogP contribution in [0.3, 0.4) is 0 Å². The van der Waals surface area contributed by atoms with Crippen molar-refractivity contribution in [2.24, 2.45) is 0 Å². The number of nitrogens with one attached hydrogen (secondary N) is 4. The van der Waals surface area contributed by atoms with Crippen LogP contribution in [0.2, 0.25) is 0 Å². The van der Waals surface area contributed by atoms with Crippen LogP contribution in [0.1, 0.15) is 38.1 Å².